The number of hydrogen-bond acceptors (Lipinski definition) is 4. The highest BCUT2D eigenvalue weighted by atomic mass is 16.6. The average Bonchev–Trinajstić information content (AvgIpc) is 2.43. The molecule has 0 aliphatic heterocycles. The lowest BCUT2D eigenvalue weighted by atomic mass is 9.97. The van der Waals surface area contributed by atoms with Crippen LogP contribution in [0.1, 0.15) is 91.4 Å². The van der Waals surface area contributed by atoms with Crippen LogP contribution >= 0.6 is 0 Å². The summed E-state index contributed by atoms with van der Waals surface area (Å²) in [5.74, 6) is -2.35. The van der Waals surface area contributed by atoms with E-state index < -0.39 is 17.9 Å². The number of esters is 2. The smallest absolute Gasteiger partial charge is 0.324 e. The topological polar surface area (TPSA) is 60.4 Å². The Hall–Kier alpha value is -1.19. The van der Waals surface area contributed by atoms with Crippen LogP contribution in [-0.2, 0) is 19.1 Å². The second-order valence-corrected chi connectivity index (χ2v) is 6.05. The minimum atomic E-state index is -0.780. The van der Waals surface area contributed by atoms with Gasteiger partial charge < -0.3 is 4.74 Å². The van der Waals surface area contributed by atoms with E-state index >= 15 is 0 Å². The molecule has 0 rings (SSSR count). The Kier molecular flexibility index (Phi) is 12.7. The van der Waals surface area contributed by atoms with Crippen LogP contribution in [0.2, 0.25) is 0 Å². The molecule has 128 valence electrons. The molecular weight excluding hydrogens is 280 g/mol. The molecule has 0 amide bonds. The highest BCUT2D eigenvalue weighted by Gasteiger charge is 2.25. The molecule has 0 aliphatic rings. The number of carbonyl (C=O) groups excluding carboxylic acids is 3. The molecular formula is C18H32O4. The van der Waals surface area contributed by atoms with Crippen molar-refractivity contribution in [2.45, 2.75) is 91.4 Å². The van der Waals surface area contributed by atoms with Crippen LogP contribution in [0.5, 0.6) is 0 Å². The van der Waals surface area contributed by atoms with Gasteiger partial charge >= 0.3 is 11.9 Å². The van der Waals surface area contributed by atoms with E-state index in [2.05, 4.69) is 11.7 Å². The average molecular weight is 312 g/mol. The van der Waals surface area contributed by atoms with Gasteiger partial charge in [0.05, 0.1) is 0 Å². The molecule has 0 saturated heterocycles. The van der Waals surface area contributed by atoms with Crippen molar-refractivity contribution in [1.82, 2.24) is 0 Å². The Morgan fingerprint density at radius 1 is 0.773 bits per heavy atom. The van der Waals surface area contributed by atoms with E-state index in [0.29, 0.717) is 6.42 Å². The first-order valence-corrected chi connectivity index (χ1v) is 8.71. The fraction of sp³-hybridized carbons (Fsp3) is 0.833. The number of ether oxygens (including phenoxy) is 1. The Morgan fingerprint density at radius 3 is 1.64 bits per heavy atom. The van der Waals surface area contributed by atoms with Crippen LogP contribution in [-0.4, -0.2) is 17.7 Å². The van der Waals surface area contributed by atoms with Crippen molar-refractivity contribution in [3.63, 3.8) is 0 Å². The first-order chi connectivity index (χ1) is 10.5. The summed E-state index contributed by atoms with van der Waals surface area (Å²) in [7, 11) is 0. The lowest BCUT2D eigenvalue weighted by Gasteiger charge is -2.11. The zero-order valence-electron chi connectivity index (χ0n) is 14.5. The summed E-state index contributed by atoms with van der Waals surface area (Å²) in [5, 5.41) is 0. The van der Waals surface area contributed by atoms with Gasteiger partial charge in [-0.1, -0.05) is 71.1 Å². The van der Waals surface area contributed by atoms with Gasteiger partial charge in [-0.25, -0.2) is 0 Å². The first-order valence-electron chi connectivity index (χ1n) is 8.71. The van der Waals surface area contributed by atoms with Crippen LogP contribution in [0.3, 0.4) is 0 Å². The van der Waals surface area contributed by atoms with Gasteiger partial charge in [-0.2, -0.15) is 0 Å². The summed E-state index contributed by atoms with van der Waals surface area (Å²) in [4.78, 5) is 33.8. The highest BCUT2D eigenvalue weighted by Crippen LogP contribution is 2.16. The molecule has 0 aromatic carbocycles. The zero-order chi connectivity index (χ0) is 16.8. The molecule has 0 heterocycles. The molecule has 1 unspecified atom stereocenters. The van der Waals surface area contributed by atoms with Gasteiger partial charge in [0.2, 0.25) is 0 Å². The van der Waals surface area contributed by atoms with E-state index in [1.165, 1.54) is 58.8 Å². The molecule has 0 aromatic heterocycles. The second-order valence-electron chi connectivity index (χ2n) is 6.05. The fourth-order valence-corrected chi connectivity index (χ4v) is 2.54. The normalized spacial score (nSPS) is 12.0. The van der Waals surface area contributed by atoms with Crippen LogP contribution in [0.15, 0.2) is 0 Å². The number of rotatable bonds is 13. The van der Waals surface area contributed by atoms with E-state index in [1.54, 1.807) is 0 Å². The zero-order valence-corrected chi connectivity index (χ0v) is 14.5. The lowest BCUT2D eigenvalue weighted by Crippen LogP contribution is -2.25. The third-order valence-corrected chi connectivity index (χ3v) is 3.87. The van der Waals surface area contributed by atoms with E-state index in [0.717, 1.165) is 19.3 Å². The maximum absolute atomic E-state index is 11.6. The first kappa shape index (κ1) is 20.8. The molecule has 0 fully saturated rings. The van der Waals surface area contributed by atoms with Crippen molar-refractivity contribution in [1.29, 1.82) is 0 Å². The Morgan fingerprint density at radius 2 is 1.23 bits per heavy atom. The Balaban J connectivity index is 3.67. The van der Waals surface area contributed by atoms with Gasteiger partial charge in [0.15, 0.2) is 0 Å². The Bertz CT molecular complexity index is 336. The highest BCUT2D eigenvalue weighted by molar-refractivity contribution is 6.00. The second kappa shape index (κ2) is 13.5. The van der Waals surface area contributed by atoms with Gasteiger partial charge in [-0.05, 0) is 13.3 Å². The number of hydrogen-bond donors (Lipinski definition) is 0. The van der Waals surface area contributed by atoms with E-state index in [4.69, 9.17) is 0 Å². The Labute approximate surface area is 135 Å². The maximum Gasteiger partial charge on any atom is 0.324 e. The van der Waals surface area contributed by atoms with Crippen LogP contribution in [0, 0.1) is 5.92 Å². The summed E-state index contributed by atoms with van der Waals surface area (Å²) >= 11 is 0. The van der Waals surface area contributed by atoms with E-state index in [1.807, 2.05) is 0 Å². The van der Waals surface area contributed by atoms with Crippen molar-refractivity contribution >= 4 is 17.7 Å². The van der Waals surface area contributed by atoms with Gasteiger partial charge in [0.1, 0.15) is 11.7 Å². The van der Waals surface area contributed by atoms with Crippen LogP contribution in [0.4, 0.5) is 0 Å². The third kappa shape index (κ3) is 11.5. The minimum Gasteiger partial charge on any atom is -0.393 e. The molecule has 0 spiro atoms. The van der Waals surface area contributed by atoms with Crippen molar-refractivity contribution in [3.8, 4) is 0 Å². The van der Waals surface area contributed by atoms with Gasteiger partial charge in [0.25, 0.3) is 0 Å². The maximum atomic E-state index is 11.6. The minimum absolute atomic E-state index is 0.220. The van der Waals surface area contributed by atoms with Crippen LogP contribution in [0.25, 0.3) is 0 Å². The quantitative estimate of drug-likeness (QED) is 0.283. The summed E-state index contributed by atoms with van der Waals surface area (Å²) in [6.45, 7) is 4.78. The largest absolute Gasteiger partial charge is 0.393 e. The standard InChI is InChI=1S/C18H32O4/c1-4-5-6-7-8-9-10-11-12-13-14-17(15(2)19)18(21)22-16(3)20/h17H,4-14H2,1-3H3. The fourth-order valence-electron chi connectivity index (χ4n) is 2.54. The SMILES string of the molecule is CCCCCCCCCCCCC(C(C)=O)C(=O)OC(C)=O. The van der Waals surface area contributed by atoms with Crippen molar-refractivity contribution < 1.29 is 19.1 Å². The number of Topliss-reactive ketones (excluding diaryl/α,β-unsaturated/α-hetero) is 1. The van der Waals surface area contributed by atoms with Gasteiger partial charge in [-0.15, -0.1) is 0 Å². The molecule has 0 N–H and O–H groups in total. The third-order valence-electron chi connectivity index (χ3n) is 3.87. The lowest BCUT2D eigenvalue weighted by molar-refractivity contribution is -0.162. The number of carbonyl (C=O) groups is 3. The predicted octanol–water partition coefficient (Wildman–Crippen LogP) is 4.59. The number of unbranched alkanes of at least 4 members (excludes halogenated alkanes) is 9. The molecule has 0 aliphatic carbocycles. The molecule has 4 heteroatoms. The monoisotopic (exact) mass is 312 g/mol. The molecule has 0 radical (unpaired) electrons. The summed E-state index contributed by atoms with van der Waals surface area (Å²) < 4.78 is 4.52. The van der Waals surface area contributed by atoms with Crippen molar-refractivity contribution in [3.05, 3.63) is 0 Å². The summed E-state index contributed by atoms with van der Waals surface area (Å²) in [6.07, 6.45) is 12.6. The predicted molar refractivity (Wildman–Crippen MR) is 87.4 cm³/mol. The van der Waals surface area contributed by atoms with E-state index in [-0.39, 0.29) is 5.78 Å². The van der Waals surface area contributed by atoms with Crippen LogP contribution < -0.4 is 0 Å². The molecule has 0 saturated carbocycles. The van der Waals surface area contributed by atoms with Crippen molar-refractivity contribution in [2.75, 3.05) is 0 Å². The van der Waals surface area contributed by atoms with E-state index in [9.17, 15) is 14.4 Å². The molecule has 4 nitrogen and oxygen atoms in total. The number of ketones is 1. The summed E-state index contributed by atoms with van der Waals surface area (Å²) in [6, 6.07) is 0. The van der Waals surface area contributed by atoms with Crippen molar-refractivity contribution in [2.24, 2.45) is 5.92 Å². The molecule has 0 bridgehead atoms. The molecule has 1 atom stereocenters. The van der Waals surface area contributed by atoms with Gasteiger partial charge in [0, 0.05) is 6.92 Å². The molecule has 22 heavy (non-hydrogen) atoms. The van der Waals surface area contributed by atoms with Gasteiger partial charge in [-0.3, -0.25) is 14.4 Å². The summed E-state index contributed by atoms with van der Waals surface area (Å²) in [5.41, 5.74) is 0. The molecule has 0 aromatic rings.